The molecule has 1 aliphatic rings. The number of imidazole rings is 1. The number of H-pyrrole nitrogens is 1. The normalized spacial score (nSPS) is 15.2. The number of hydrogen-bond donors (Lipinski definition) is 1. The molecule has 1 unspecified atom stereocenters. The number of pyridine rings is 1. The van der Waals surface area contributed by atoms with Gasteiger partial charge in [0.05, 0.1) is 11.0 Å². The summed E-state index contributed by atoms with van der Waals surface area (Å²) in [7, 11) is 0. The maximum atomic E-state index is 13.8. The Labute approximate surface area is 189 Å². The standard InChI is InChI=1S/C24H22ClN5O2/c25-18-6-7-21-20(16-18)27-24(32)30(21)22(17-4-2-1-3-5-17)23(31)29-14-12-28(13-15-29)19-8-10-26-11-9-19/h1-11,16,22H,12-15H2,(H,27,32). The highest BCUT2D eigenvalue weighted by Gasteiger charge is 2.32. The van der Waals surface area contributed by atoms with E-state index in [1.807, 2.05) is 47.4 Å². The van der Waals surface area contributed by atoms with Crippen molar-refractivity contribution < 1.29 is 4.79 Å². The Kier molecular flexibility index (Phi) is 5.41. The zero-order valence-corrected chi connectivity index (χ0v) is 18.1. The molecule has 5 rings (SSSR count). The highest BCUT2D eigenvalue weighted by atomic mass is 35.5. The first-order valence-corrected chi connectivity index (χ1v) is 10.9. The average Bonchev–Trinajstić information content (AvgIpc) is 3.15. The number of aromatic nitrogens is 3. The highest BCUT2D eigenvalue weighted by molar-refractivity contribution is 6.31. The number of aromatic amines is 1. The van der Waals surface area contributed by atoms with E-state index in [1.54, 1.807) is 35.2 Å². The third kappa shape index (κ3) is 3.76. The van der Waals surface area contributed by atoms with Crippen LogP contribution in [0.25, 0.3) is 11.0 Å². The molecule has 32 heavy (non-hydrogen) atoms. The minimum absolute atomic E-state index is 0.0940. The fraction of sp³-hybridized carbons (Fsp3) is 0.208. The first kappa shape index (κ1) is 20.3. The Balaban J connectivity index is 1.49. The maximum Gasteiger partial charge on any atom is 0.327 e. The second kappa shape index (κ2) is 8.51. The summed E-state index contributed by atoms with van der Waals surface area (Å²) in [5, 5.41) is 0.528. The largest absolute Gasteiger partial charge is 0.368 e. The van der Waals surface area contributed by atoms with E-state index >= 15 is 0 Å². The summed E-state index contributed by atoms with van der Waals surface area (Å²) in [6.07, 6.45) is 3.54. The number of anilines is 1. The van der Waals surface area contributed by atoms with Gasteiger partial charge < -0.3 is 14.8 Å². The lowest BCUT2D eigenvalue weighted by atomic mass is 10.0. The topological polar surface area (TPSA) is 74.2 Å². The lowest BCUT2D eigenvalue weighted by molar-refractivity contribution is -0.133. The predicted octanol–water partition coefficient (Wildman–Crippen LogP) is 3.32. The van der Waals surface area contributed by atoms with Crippen molar-refractivity contribution in [2.45, 2.75) is 6.04 Å². The molecule has 0 bridgehead atoms. The van der Waals surface area contributed by atoms with Gasteiger partial charge in [0.2, 0.25) is 0 Å². The fourth-order valence-corrected chi connectivity index (χ4v) is 4.48. The van der Waals surface area contributed by atoms with Crippen LogP contribution in [0.15, 0.2) is 77.9 Å². The van der Waals surface area contributed by atoms with Crippen molar-refractivity contribution in [3.63, 3.8) is 0 Å². The first-order valence-electron chi connectivity index (χ1n) is 10.5. The van der Waals surface area contributed by atoms with Gasteiger partial charge in [-0.25, -0.2) is 4.79 Å². The van der Waals surface area contributed by atoms with Crippen molar-refractivity contribution in [2.24, 2.45) is 0 Å². The molecule has 1 saturated heterocycles. The van der Waals surface area contributed by atoms with Crippen LogP contribution in [0.1, 0.15) is 11.6 Å². The van der Waals surface area contributed by atoms with Crippen molar-refractivity contribution in [1.82, 2.24) is 19.4 Å². The summed E-state index contributed by atoms with van der Waals surface area (Å²) in [5.41, 5.74) is 2.79. The number of halogens is 1. The number of hydrogen-bond acceptors (Lipinski definition) is 4. The third-order valence-corrected chi connectivity index (χ3v) is 6.14. The monoisotopic (exact) mass is 447 g/mol. The SMILES string of the molecule is O=C(C(c1ccccc1)n1c(=O)[nH]c2cc(Cl)ccc21)N1CCN(c2ccncc2)CC1. The second-order valence-electron chi connectivity index (χ2n) is 7.79. The molecule has 0 saturated carbocycles. The second-order valence-corrected chi connectivity index (χ2v) is 8.23. The van der Waals surface area contributed by atoms with E-state index in [0.717, 1.165) is 24.3 Å². The number of benzene rings is 2. The average molecular weight is 448 g/mol. The number of piperazine rings is 1. The summed E-state index contributed by atoms with van der Waals surface area (Å²) in [5.74, 6) is -0.0940. The lowest BCUT2D eigenvalue weighted by Crippen LogP contribution is -2.51. The molecule has 0 radical (unpaired) electrons. The van der Waals surface area contributed by atoms with E-state index in [4.69, 9.17) is 11.6 Å². The Morgan fingerprint density at radius 2 is 1.69 bits per heavy atom. The lowest BCUT2D eigenvalue weighted by Gasteiger charge is -2.37. The van der Waals surface area contributed by atoms with E-state index in [0.29, 0.717) is 29.1 Å². The number of nitrogens with one attached hydrogen (secondary N) is 1. The quantitative estimate of drug-likeness (QED) is 0.521. The molecule has 8 heteroatoms. The van der Waals surface area contributed by atoms with Gasteiger partial charge in [-0.3, -0.25) is 14.3 Å². The molecule has 1 N–H and O–H groups in total. The van der Waals surface area contributed by atoms with Crippen molar-refractivity contribution in [1.29, 1.82) is 0 Å². The van der Waals surface area contributed by atoms with Crippen LogP contribution in [-0.2, 0) is 4.79 Å². The van der Waals surface area contributed by atoms with Crippen LogP contribution in [0.2, 0.25) is 5.02 Å². The molecule has 1 amide bonds. The molecule has 7 nitrogen and oxygen atoms in total. The van der Waals surface area contributed by atoms with Crippen molar-refractivity contribution in [3.8, 4) is 0 Å². The van der Waals surface area contributed by atoms with Gasteiger partial charge in [-0.15, -0.1) is 0 Å². The first-order chi connectivity index (χ1) is 15.6. The van der Waals surface area contributed by atoms with Gasteiger partial charge in [0.25, 0.3) is 5.91 Å². The summed E-state index contributed by atoms with van der Waals surface area (Å²) >= 11 is 6.11. The summed E-state index contributed by atoms with van der Waals surface area (Å²) in [6, 6.07) is 17.8. The number of rotatable bonds is 4. The number of fused-ring (bicyclic) bond motifs is 1. The van der Waals surface area contributed by atoms with E-state index < -0.39 is 6.04 Å². The van der Waals surface area contributed by atoms with Crippen LogP contribution >= 0.6 is 11.6 Å². The van der Waals surface area contributed by atoms with Crippen LogP contribution in [0.4, 0.5) is 5.69 Å². The Hall–Kier alpha value is -3.58. The van der Waals surface area contributed by atoms with Gasteiger partial charge in [-0.1, -0.05) is 41.9 Å². The van der Waals surface area contributed by atoms with Crippen LogP contribution in [-0.4, -0.2) is 51.5 Å². The molecule has 2 aromatic heterocycles. The van der Waals surface area contributed by atoms with Crippen LogP contribution in [0.3, 0.4) is 0 Å². The van der Waals surface area contributed by atoms with E-state index in [2.05, 4.69) is 14.9 Å². The summed E-state index contributed by atoms with van der Waals surface area (Å²) < 4.78 is 1.54. The van der Waals surface area contributed by atoms with Crippen LogP contribution in [0, 0.1) is 0 Å². The van der Waals surface area contributed by atoms with Gasteiger partial charge in [-0.05, 0) is 35.9 Å². The molecule has 2 aromatic carbocycles. The molecule has 0 aliphatic carbocycles. The number of nitrogens with zero attached hydrogens (tertiary/aromatic N) is 4. The molecule has 1 fully saturated rings. The minimum Gasteiger partial charge on any atom is -0.368 e. The maximum absolute atomic E-state index is 13.8. The summed E-state index contributed by atoms with van der Waals surface area (Å²) in [4.78, 5) is 37.8. The molecule has 0 spiro atoms. The molecular formula is C24H22ClN5O2. The Morgan fingerprint density at radius 3 is 2.41 bits per heavy atom. The zero-order chi connectivity index (χ0) is 22.1. The predicted molar refractivity (Wildman–Crippen MR) is 125 cm³/mol. The van der Waals surface area contributed by atoms with E-state index in [9.17, 15) is 9.59 Å². The molecule has 1 atom stereocenters. The molecular weight excluding hydrogens is 426 g/mol. The van der Waals surface area contributed by atoms with Gasteiger partial charge in [0.1, 0.15) is 6.04 Å². The number of carbonyl (C=O) groups excluding carboxylic acids is 1. The fourth-order valence-electron chi connectivity index (χ4n) is 4.31. The molecule has 4 aromatic rings. The van der Waals surface area contributed by atoms with Gasteiger partial charge in [-0.2, -0.15) is 0 Å². The third-order valence-electron chi connectivity index (χ3n) is 5.91. The zero-order valence-electron chi connectivity index (χ0n) is 17.3. The van der Waals surface area contributed by atoms with Crippen molar-refractivity contribution in [2.75, 3.05) is 31.1 Å². The Morgan fingerprint density at radius 1 is 0.969 bits per heavy atom. The number of amides is 1. The Bertz CT molecular complexity index is 1290. The van der Waals surface area contributed by atoms with Crippen molar-refractivity contribution in [3.05, 3.63) is 94.1 Å². The molecule has 162 valence electrons. The van der Waals surface area contributed by atoms with Crippen LogP contribution < -0.4 is 10.6 Å². The highest BCUT2D eigenvalue weighted by Crippen LogP contribution is 2.26. The number of carbonyl (C=O) groups is 1. The van der Waals surface area contributed by atoms with E-state index in [-0.39, 0.29) is 11.6 Å². The molecule has 3 heterocycles. The van der Waals surface area contributed by atoms with Gasteiger partial charge in [0, 0.05) is 49.3 Å². The van der Waals surface area contributed by atoms with E-state index in [1.165, 1.54) is 0 Å². The smallest absolute Gasteiger partial charge is 0.327 e. The molecule has 1 aliphatic heterocycles. The minimum atomic E-state index is -0.758. The summed E-state index contributed by atoms with van der Waals surface area (Å²) in [6.45, 7) is 2.59. The van der Waals surface area contributed by atoms with Crippen LogP contribution in [0.5, 0.6) is 0 Å². The van der Waals surface area contributed by atoms with Gasteiger partial charge in [0.15, 0.2) is 0 Å². The van der Waals surface area contributed by atoms with Gasteiger partial charge >= 0.3 is 5.69 Å². The van der Waals surface area contributed by atoms with Crippen molar-refractivity contribution >= 4 is 34.2 Å².